The van der Waals surface area contributed by atoms with Gasteiger partial charge in [0.1, 0.15) is 0 Å². The molecule has 0 aromatic rings. The summed E-state index contributed by atoms with van der Waals surface area (Å²) in [5, 5.41) is 0.387. The van der Waals surface area contributed by atoms with Crippen LogP contribution in [-0.2, 0) is 13.6 Å². The van der Waals surface area contributed by atoms with E-state index in [2.05, 4.69) is 29.8 Å². The number of rotatable bonds is 8. The molecular formula is C12H26BrO3P. The zero-order valence-corrected chi connectivity index (χ0v) is 14.4. The average Bonchev–Trinajstić information content (AvgIpc) is 2.16. The van der Waals surface area contributed by atoms with Crippen molar-refractivity contribution in [2.75, 3.05) is 18.5 Å². The second-order valence-corrected chi connectivity index (χ2v) is 8.90. The molecule has 0 bridgehead atoms. The Bertz CT molecular complexity index is 267. The molecule has 0 aromatic carbocycles. The van der Waals surface area contributed by atoms with Gasteiger partial charge in [-0.3, -0.25) is 4.57 Å². The van der Waals surface area contributed by atoms with Gasteiger partial charge >= 0.3 is 7.60 Å². The van der Waals surface area contributed by atoms with Crippen LogP contribution in [0.2, 0.25) is 0 Å². The summed E-state index contributed by atoms with van der Waals surface area (Å²) in [5.74, 6) is 0. The van der Waals surface area contributed by atoms with Crippen molar-refractivity contribution in [3.05, 3.63) is 0 Å². The molecule has 0 heterocycles. The molecule has 0 atom stereocenters. The Hall–Kier alpha value is 0.630. The zero-order valence-electron chi connectivity index (χ0n) is 11.9. The fourth-order valence-corrected chi connectivity index (χ4v) is 4.32. The third kappa shape index (κ3) is 5.02. The normalized spacial score (nSPS) is 14.1. The molecule has 0 aliphatic heterocycles. The van der Waals surface area contributed by atoms with Gasteiger partial charge in [0.15, 0.2) is 0 Å². The summed E-state index contributed by atoms with van der Waals surface area (Å²) >= 11 is 3.50. The average molecular weight is 329 g/mol. The summed E-state index contributed by atoms with van der Waals surface area (Å²) in [7, 11) is -3.05. The molecule has 0 saturated heterocycles. The minimum absolute atomic E-state index is 0.0629. The van der Waals surface area contributed by atoms with E-state index < -0.39 is 12.8 Å². The van der Waals surface area contributed by atoms with Crippen molar-refractivity contribution in [1.82, 2.24) is 0 Å². The van der Waals surface area contributed by atoms with Crippen molar-refractivity contribution >= 4 is 23.5 Å². The Balaban J connectivity index is 5.02. The largest absolute Gasteiger partial charge is 0.336 e. The molecule has 0 radical (unpaired) electrons. The van der Waals surface area contributed by atoms with Crippen LogP contribution in [0.25, 0.3) is 0 Å². The van der Waals surface area contributed by atoms with E-state index in [-0.39, 0.29) is 5.41 Å². The second kappa shape index (κ2) is 6.70. The predicted molar refractivity (Wildman–Crippen MR) is 77.1 cm³/mol. The van der Waals surface area contributed by atoms with Gasteiger partial charge < -0.3 is 9.05 Å². The molecular weight excluding hydrogens is 303 g/mol. The fourth-order valence-electron chi connectivity index (χ4n) is 2.04. The lowest BCUT2D eigenvalue weighted by Crippen LogP contribution is -2.31. The molecule has 0 N–H and O–H groups in total. The molecule has 3 nitrogen and oxygen atoms in total. The maximum atomic E-state index is 12.8. The van der Waals surface area contributed by atoms with Crippen LogP contribution in [0.4, 0.5) is 0 Å². The van der Waals surface area contributed by atoms with Gasteiger partial charge in [0, 0.05) is 5.33 Å². The minimum Gasteiger partial charge on any atom is -0.308 e. The summed E-state index contributed by atoms with van der Waals surface area (Å²) in [4.78, 5) is 0. The van der Waals surface area contributed by atoms with Crippen molar-refractivity contribution in [2.45, 2.75) is 53.1 Å². The Morgan fingerprint density at radius 2 is 1.47 bits per heavy atom. The van der Waals surface area contributed by atoms with E-state index in [0.717, 1.165) is 11.8 Å². The van der Waals surface area contributed by atoms with Crippen LogP contribution >= 0.6 is 23.5 Å². The highest BCUT2D eigenvalue weighted by Crippen LogP contribution is 2.62. The zero-order chi connectivity index (χ0) is 13.7. The van der Waals surface area contributed by atoms with Gasteiger partial charge in [-0.2, -0.15) is 0 Å². The molecule has 0 rings (SSSR count). The van der Waals surface area contributed by atoms with Gasteiger partial charge in [-0.15, -0.1) is 0 Å². The SMILES string of the molecule is CCOP(=O)(OCC)C(C)(C)CC(C)(C)CBr. The monoisotopic (exact) mass is 328 g/mol. The van der Waals surface area contributed by atoms with Gasteiger partial charge in [-0.1, -0.05) is 29.8 Å². The molecule has 0 unspecified atom stereocenters. The first kappa shape index (κ1) is 17.6. The maximum Gasteiger partial charge on any atom is 0.336 e. The van der Waals surface area contributed by atoms with Crippen molar-refractivity contribution in [2.24, 2.45) is 5.41 Å². The van der Waals surface area contributed by atoms with Crippen LogP contribution in [0.15, 0.2) is 0 Å². The first-order chi connectivity index (χ1) is 7.64. The number of hydrogen-bond acceptors (Lipinski definition) is 3. The van der Waals surface area contributed by atoms with E-state index >= 15 is 0 Å². The highest BCUT2D eigenvalue weighted by atomic mass is 79.9. The summed E-state index contributed by atoms with van der Waals surface area (Å²) < 4.78 is 23.7. The second-order valence-electron chi connectivity index (χ2n) is 5.62. The van der Waals surface area contributed by atoms with Crippen molar-refractivity contribution in [1.29, 1.82) is 0 Å². The lowest BCUT2D eigenvalue weighted by atomic mass is 9.86. The van der Waals surface area contributed by atoms with Crippen LogP contribution in [0, 0.1) is 5.41 Å². The van der Waals surface area contributed by atoms with Crippen molar-refractivity contribution < 1.29 is 13.6 Å². The van der Waals surface area contributed by atoms with Crippen LogP contribution in [0.3, 0.4) is 0 Å². The molecule has 0 aliphatic rings. The van der Waals surface area contributed by atoms with Gasteiger partial charge in [0.2, 0.25) is 0 Å². The number of halogens is 1. The van der Waals surface area contributed by atoms with Crippen LogP contribution in [-0.4, -0.2) is 23.7 Å². The molecule has 5 heteroatoms. The molecule has 0 aliphatic carbocycles. The number of hydrogen-bond donors (Lipinski definition) is 0. The molecule has 17 heavy (non-hydrogen) atoms. The van der Waals surface area contributed by atoms with Crippen molar-refractivity contribution in [3.63, 3.8) is 0 Å². The van der Waals surface area contributed by atoms with Gasteiger partial charge in [0.25, 0.3) is 0 Å². The Morgan fingerprint density at radius 1 is 1.06 bits per heavy atom. The Kier molecular flexibility index (Phi) is 6.95. The van der Waals surface area contributed by atoms with E-state index in [9.17, 15) is 4.57 Å². The molecule has 0 amide bonds. The van der Waals surface area contributed by atoms with E-state index in [1.54, 1.807) is 0 Å². The lowest BCUT2D eigenvalue weighted by molar-refractivity contribution is 0.187. The number of alkyl halides is 1. The van der Waals surface area contributed by atoms with E-state index in [1.807, 2.05) is 27.7 Å². The molecule has 104 valence electrons. The lowest BCUT2D eigenvalue weighted by Gasteiger charge is -2.38. The topological polar surface area (TPSA) is 35.5 Å². The fraction of sp³-hybridized carbons (Fsp3) is 1.00. The highest BCUT2D eigenvalue weighted by Gasteiger charge is 2.45. The smallest absolute Gasteiger partial charge is 0.308 e. The van der Waals surface area contributed by atoms with Gasteiger partial charge in [0.05, 0.1) is 18.4 Å². The summed E-state index contributed by atoms with van der Waals surface area (Å²) in [6, 6.07) is 0. The third-order valence-corrected chi connectivity index (χ3v) is 6.97. The van der Waals surface area contributed by atoms with Gasteiger partial charge in [-0.05, 0) is 39.5 Å². The van der Waals surface area contributed by atoms with Crippen LogP contribution in [0.1, 0.15) is 48.0 Å². The summed E-state index contributed by atoms with van der Waals surface area (Å²) in [6.07, 6.45) is 0.780. The van der Waals surface area contributed by atoms with Crippen LogP contribution in [0.5, 0.6) is 0 Å². The molecule has 0 saturated carbocycles. The van der Waals surface area contributed by atoms with Crippen LogP contribution < -0.4 is 0 Å². The summed E-state index contributed by atoms with van der Waals surface area (Å²) in [6.45, 7) is 12.7. The minimum atomic E-state index is -3.05. The quantitative estimate of drug-likeness (QED) is 0.472. The van der Waals surface area contributed by atoms with E-state index in [0.29, 0.717) is 13.2 Å². The molecule has 0 spiro atoms. The van der Waals surface area contributed by atoms with Gasteiger partial charge in [-0.25, -0.2) is 0 Å². The first-order valence-electron chi connectivity index (χ1n) is 6.09. The van der Waals surface area contributed by atoms with E-state index in [4.69, 9.17) is 9.05 Å². The standard InChI is InChI=1S/C12H26BrO3P/c1-7-15-17(14,16-8-2)12(5,6)9-11(3,4)10-13/h7-10H2,1-6H3. The van der Waals surface area contributed by atoms with E-state index in [1.165, 1.54) is 0 Å². The predicted octanol–water partition coefficient (Wildman–Crippen LogP) is 4.84. The highest BCUT2D eigenvalue weighted by molar-refractivity contribution is 9.09. The molecule has 0 fully saturated rings. The Morgan fingerprint density at radius 3 is 1.76 bits per heavy atom. The molecule has 0 aromatic heterocycles. The van der Waals surface area contributed by atoms with Crippen molar-refractivity contribution in [3.8, 4) is 0 Å². The third-order valence-electron chi connectivity index (χ3n) is 2.61. The first-order valence-corrected chi connectivity index (χ1v) is 8.75. The summed E-state index contributed by atoms with van der Waals surface area (Å²) in [5.41, 5.74) is 0.0629. The maximum absolute atomic E-state index is 12.8. The Labute approximate surface area is 114 Å².